The zero-order valence-corrected chi connectivity index (χ0v) is 11.7. The first-order valence-electron chi connectivity index (χ1n) is 6.69. The van der Waals surface area contributed by atoms with Crippen molar-refractivity contribution in [2.75, 3.05) is 25.6 Å². The molecule has 2 heteroatoms. The lowest BCUT2D eigenvalue weighted by molar-refractivity contribution is 0.414. The first-order chi connectivity index (χ1) is 9.29. The predicted molar refractivity (Wildman–Crippen MR) is 81.0 cm³/mol. The zero-order chi connectivity index (χ0) is 13.5. The van der Waals surface area contributed by atoms with Gasteiger partial charge in [-0.2, -0.15) is 0 Å². The molecule has 0 heterocycles. The first-order valence-corrected chi connectivity index (χ1v) is 6.69. The smallest absolute Gasteiger partial charge is 0.118 e. The highest BCUT2D eigenvalue weighted by Gasteiger charge is 2.00. The molecule has 0 aliphatic carbocycles. The molecule has 2 aromatic rings. The molecule has 0 spiro atoms. The number of rotatable bonds is 6. The summed E-state index contributed by atoms with van der Waals surface area (Å²) >= 11 is 0. The van der Waals surface area contributed by atoms with Crippen LogP contribution in [0.3, 0.4) is 0 Å². The highest BCUT2D eigenvalue weighted by molar-refractivity contribution is 5.44. The number of aryl methyl sites for hydroxylation is 1. The molecule has 0 aliphatic heterocycles. The second-order valence-corrected chi connectivity index (χ2v) is 4.71. The molecule has 0 amide bonds. The number of hydrogen-bond acceptors (Lipinski definition) is 2. The average molecular weight is 255 g/mol. The largest absolute Gasteiger partial charge is 0.497 e. The summed E-state index contributed by atoms with van der Waals surface area (Å²) in [6.45, 7) is 1.07. The number of nitrogens with zero attached hydrogens (tertiary/aromatic N) is 1. The fourth-order valence-electron chi connectivity index (χ4n) is 2.12. The van der Waals surface area contributed by atoms with Crippen molar-refractivity contribution >= 4 is 5.69 Å². The number of ether oxygens (including phenoxy) is 1. The molecule has 2 aromatic carbocycles. The number of hydrogen-bond donors (Lipinski definition) is 0. The van der Waals surface area contributed by atoms with E-state index in [4.69, 9.17) is 4.74 Å². The van der Waals surface area contributed by atoms with E-state index < -0.39 is 0 Å². The van der Waals surface area contributed by atoms with E-state index in [2.05, 4.69) is 54.4 Å². The van der Waals surface area contributed by atoms with Gasteiger partial charge in [0.25, 0.3) is 0 Å². The quantitative estimate of drug-likeness (QED) is 0.779. The van der Waals surface area contributed by atoms with Crippen LogP contribution in [0.1, 0.15) is 12.0 Å². The number of anilines is 1. The van der Waals surface area contributed by atoms with Crippen LogP contribution >= 0.6 is 0 Å². The van der Waals surface area contributed by atoms with Crippen LogP contribution in [-0.4, -0.2) is 20.7 Å². The van der Waals surface area contributed by atoms with Crippen molar-refractivity contribution < 1.29 is 4.74 Å². The first kappa shape index (κ1) is 13.5. The summed E-state index contributed by atoms with van der Waals surface area (Å²) in [4.78, 5) is 2.30. The lowest BCUT2D eigenvalue weighted by Gasteiger charge is -2.19. The van der Waals surface area contributed by atoms with Crippen LogP contribution in [0.5, 0.6) is 5.75 Å². The van der Waals surface area contributed by atoms with Crippen LogP contribution in [0.25, 0.3) is 0 Å². The van der Waals surface area contributed by atoms with Gasteiger partial charge in [-0.05, 0) is 42.7 Å². The fraction of sp³-hybridized carbons (Fsp3) is 0.294. The molecule has 0 aliphatic rings. The topological polar surface area (TPSA) is 12.5 Å². The maximum Gasteiger partial charge on any atom is 0.118 e. The third-order valence-corrected chi connectivity index (χ3v) is 3.31. The molecule has 0 radical (unpaired) electrons. The molecule has 19 heavy (non-hydrogen) atoms. The van der Waals surface area contributed by atoms with Crippen molar-refractivity contribution in [1.29, 1.82) is 0 Å². The standard InChI is InChI=1S/C17H21NO/c1-18(16-8-4-3-5-9-16)14-6-7-15-10-12-17(19-2)13-11-15/h3-5,8-13H,6-7,14H2,1-2H3. The van der Waals surface area contributed by atoms with E-state index in [1.54, 1.807) is 7.11 Å². The molecular weight excluding hydrogens is 234 g/mol. The molecule has 0 aromatic heterocycles. The third-order valence-electron chi connectivity index (χ3n) is 3.31. The van der Waals surface area contributed by atoms with Crippen LogP contribution in [0.15, 0.2) is 54.6 Å². The van der Waals surface area contributed by atoms with E-state index in [1.807, 2.05) is 12.1 Å². The second-order valence-electron chi connectivity index (χ2n) is 4.71. The number of para-hydroxylation sites is 1. The summed E-state index contributed by atoms with van der Waals surface area (Å²) in [6.07, 6.45) is 2.25. The normalized spacial score (nSPS) is 10.2. The van der Waals surface area contributed by atoms with Crippen LogP contribution in [0, 0.1) is 0 Å². The van der Waals surface area contributed by atoms with Gasteiger partial charge in [-0.25, -0.2) is 0 Å². The van der Waals surface area contributed by atoms with Gasteiger partial charge >= 0.3 is 0 Å². The van der Waals surface area contributed by atoms with Crippen molar-refractivity contribution in [3.63, 3.8) is 0 Å². The van der Waals surface area contributed by atoms with E-state index in [0.717, 1.165) is 25.1 Å². The van der Waals surface area contributed by atoms with Crippen molar-refractivity contribution in [1.82, 2.24) is 0 Å². The van der Waals surface area contributed by atoms with E-state index >= 15 is 0 Å². The minimum absolute atomic E-state index is 0.921. The maximum atomic E-state index is 5.16. The van der Waals surface area contributed by atoms with Crippen LogP contribution in [0.4, 0.5) is 5.69 Å². The van der Waals surface area contributed by atoms with Crippen LogP contribution in [0.2, 0.25) is 0 Å². The molecule has 0 fully saturated rings. The minimum atomic E-state index is 0.921. The van der Waals surface area contributed by atoms with E-state index in [0.29, 0.717) is 0 Å². The lowest BCUT2D eigenvalue weighted by atomic mass is 10.1. The Kier molecular flexibility index (Phi) is 4.85. The van der Waals surface area contributed by atoms with Crippen LogP contribution in [-0.2, 0) is 6.42 Å². The van der Waals surface area contributed by atoms with Gasteiger partial charge in [-0.15, -0.1) is 0 Å². The molecule has 2 rings (SSSR count). The number of methoxy groups -OCH3 is 1. The van der Waals surface area contributed by atoms with Gasteiger partial charge in [-0.3, -0.25) is 0 Å². The summed E-state index contributed by atoms with van der Waals surface area (Å²) < 4.78 is 5.16. The summed E-state index contributed by atoms with van der Waals surface area (Å²) in [5.74, 6) is 0.921. The van der Waals surface area contributed by atoms with E-state index in [9.17, 15) is 0 Å². The maximum absolute atomic E-state index is 5.16. The van der Waals surface area contributed by atoms with Gasteiger partial charge in [0, 0.05) is 19.3 Å². The van der Waals surface area contributed by atoms with E-state index in [-0.39, 0.29) is 0 Å². The van der Waals surface area contributed by atoms with Crippen LogP contribution < -0.4 is 9.64 Å². The van der Waals surface area contributed by atoms with Crippen molar-refractivity contribution in [2.24, 2.45) is 0 Å². The average Bonchev–Trinajstić information content (AvgIpc) is 2.49. The monoisotopic (exact) mass is 255 g/mol. The molecule has 0 atom stereocenters. The van der Waals surface area contributed by atoms with Crippen molar-refractivity contribution in [2.45, 2.75) is 12.8 Å². The predicted octanol–water partition coefficient (Wildman–Crippen LogP) is 3.76. The van der Waals surface area contributed by atoms with Gasteiger partial charge in [-0.1, -0.05) is 30.3 Å². The Labute approximate surface area is 115 Å². The summed E-state index contributed by atoms with van der Waals surface area (Å²) in [5, 5.41) is 0. The van der Waals surface area contributed by atoms with Gasteiger partial charge < -0.3 is 9.64 Å². The fourth-order valence-corrected chi connectivity index (χ4v) is 2.12. The number of benzene rings is 2. The Morgan fingerprint density at radius 1 is 0.947 bits per heavy atom. The summed E-state index contributed by atoms with van der Waals surface area (Å²) in [5.41, 5.74) is 2.64. The molecule has 0 unspecified atom stereocenters. The van der Waals surface area contributed by atoms with Gasteiger partial charge in [0.2, 0.25) is 0 Å². The molecule has 100 valence electrons. The third kappa shape index (κ3) is 4.02. The zero-order valence-electron chi connectivity index (χ0n) is 11.7. The molecule has 0 saturated carbocycles. The van der Waals surface area contributed by atoms with Crippen molar-refractivity contribution in [3.8, 4) is 5.75 Å². The molecule has 0 N–H and O–H groups in total. The SMILES string of the molecule is COc1ccc(CCCN(C)c2ccccc2)cc1. The highest BCUT2D eigenvalue weighted by atomic mass is 16.5. The van der Waals surface area contributed by atoms with Gasteiger partial charge in [0.15, 0.2) is 0 Å². The Morgan fingerprint density at radius 3 is 2.26 bits per heavy atom. The second kappa shape index (κ2) is 6.83. The Balaban J connectivity index is 1.79. The van der Waals surface area contributed by atoms with Crippen molar-refractivity contribution in [3.05, 3.63) is 60.2 Å². The molecule has 2 nitrogen and oxygen atoms in total. The molecule has 0 bridgehead atoms. The van der Waals surface area contributed by atoms with E-state index in [1.165, 1.54) is 11.3 Å². The Hall–Kier alpha value is -1.96. The summed E-state index contributed by atoms with van der Waals surface area (Å²) in [7, 11) is 3.84. The Bertz CT molecular complexity index is 478. The highest BCUT2D eigenvalue weighted by Crippen LogP contribution is 2.14. The lowest BCUT2D eigenvalue weighted by Crippen LogP contribution is -2.18. The van der Waals surface area contributed by atoms with Gasteiger partial charge in [0.05, 0.1) is 7.11 Å². The molecular formula is C17H21NO. The Morgan fingerprint density at radius 2 is 1.63 bits per heavy atom. The van der Waals surface area contributed by atoms with Gasteiger partial charge in [0.1, 0.15) is 5.75 Å². The minimum Gasteiger partial charge on any atom is -0.497 e. The summed E-state index contributed by atoms with van der Waals surface area (Å²) in [6, 6.07) is 18.8. The molecule has 0 saturated heterocycles.